The first-order valence-corrected chi connectivity index (χ1v) is 5.45. The molecule has 2 rings (SSSR count). The lowest BCUT2D eigenvalue weighted by atomic mass is 10.4. The fraction of sp³-hybridized carbons (Fsp3) is 0.455. The van der Waals surface area contributed by atoms with Crippen molar-refractivity contribution in [2.24, 2.45) is 7.05 Å². The largest absolute Gasteiger partial charge is 0.350 e. The molecule has 0 radical (unpaired) electrons. The summed E-state index contributed by atoms with van der Waals surface area (Å²) >= 11 is 0. The predicted molar refractivity (Wildman–Crippen MR) is 63.2 cm³/mol. The highest BCUT2D eigenvalue weighted by Crippen LogP contribution is 2.09. The summed E-state index contributed by atoms with van der Waals surface area (Å²) in [6.45, 7) is 5.73. The Kier molecular flexibility index (Phi) is 2.94. The van der Waals surface area contributed by atoms with E-state index in [2.05, 4.69) is 26.9 Å². The van der Waals surface area contributed by atoms with Crippen LogP contribution in [0.3, 0.4) is 0 Å². The molecule has 2 aromatic rings. The molecule has 0 spiro atoms. The van der Waals surface area contributed by atoms with Gasteiger partial charge in [-0.1, -0.05) is 0 Å². The number of nitrogens with one attached hydrogen (secondary N) is 1. The topological polar surface area (TPSA) is 47.7 Å². The van der Waals surface area contributed by atoms with E-state index >= 15 is 0 Å². The Morgan fingerprint density at radius 1 is 1.44 bits per heavy atom. The third-order valence-electron chi connectivity index (χ3n) is 2.43. The predicted octanol–water partition coefficient (Wildman–Crippen LogP) is 1.56. The first-order chi connectivity index (χ1) is 7.69. The molecule has 0 unspecified atom stereocenters. The first-order valence-electron chi connectivity index (χ1n) is 5.45. The SMILES string of the molecule is CCn1cc(C)nc1NCc1ccn(C)n1. The van der Waals surface area contributed by atoms with Gasteiger partial charge in [-0.25, -0.2) is 4.98 Å². The van der Waals surface area contributed by atoms with E-state index in [9.17, 15) is 0 Å². The summed E-state index contributed by atoms with van der Waals surface area (Å²) in [5.41, 5.74) is 2.05. The van der Waals surface area contributed by atoms with Crippen LogP contribution < -0.4 is 5.32 Å². The molecule has 0 bridgehead atoms. The third kappa shape index (κ3) is 2.24. The summed E-state index contributed by atoms with van der Waals surface area (Å²) in [5, 5.41) is 7.60. The van der Waals surface area contributed by atoms with Crippen LogP contribution in [0.1, 0.15) is 18.3 Å². The molecule has 86 valence electrons. The summed E-state index contributed by atoms with van der Waals surface area (Å²) in [7, 11) is 1.92. The van der Waals surface area contributed by atoms with Gasteiger partial charge < -0.3 is 9.88 Å². The Balaban J connectivity index is 2.04. The number of hydrogen-bond acceptors (Lipinski definition) is 3. The Labute approximate surface area is 95.1 Å². The van der Waals surface area contributed by atoms with Crippen LogP contribution in [-0.4, -0.2) is 19.3 Å². The van der Waals surface area contributed by atoms with Crippen molar-refractivity contribution in [2.75, 3.05) is 5.32 Å². The van der Waals surface area contributed by atoms with Gasteiger partial charge in [-0.05, 0) is 19.9 Å². The maximum atomic E-state index is 4.42. The van der Waals surface area contributed by atoms with E-state index in [1.54, 1.807) is 4.68 Å². The summed E-state index contributed by atoms with van der Waals surface area (Å²) in [5.74, 6) is 0.908. The molecule has 5 heteroatoms. The van der Waals surface area contributed by atoms with Crippen molar-refractivity contribution >= 4 is 5.95 Å². The van der Waals surface area contributed by atoms with Gasteiger partial charge in [0, 0.05) is 26.0 Å². The minimum Gasteiger partial charge on any atom is -0.350 e. The van der Waals surface area contributed by atoms with E-state index < -0.39 is 0 Å². The van der Waals surface area contributed by atoms with Gasteiger partial charge in [0.15, 0.2) is 0 Å². The molecule has 0 aromatic carbocycles. The van der Waals surface area contributed by atoms with Crippen molar-refractivity contribution in [1.29, 1.82) is 0 Å². The average Bonchev–Trinajstić information content (AvgIpc) is 2.81. The van der Waals surface area contributed by atoms with Crippen LogP contribution in [0, 0.1) is 6.92 Å². The molecule has 2 heterocycles. The lowest BCUT2D eigenvalue weighted by Gasteiger charge is -2.05. The number of aromatic nitrogens is 4. The molecule has 5 nitrogen and oxygen atoms in total. The molecule has 0 atom stereocenters. The fourth-order valence-electron chi connectivity index (χ4n) is 1.66. The van der Waals surface area contributed by atoms with Crippen molar-refractivity contribution in [3.63, 3.8) is 0 Å². The van der Waals surface area contributed by atoms with E-state index in [4.69, 9.17) is 0 Å². The highest BCUT2D eigenvalue weighted by atomic mass is 15.3. The van der Waals surface area contributed by atoms with Gasteiger partial charge >= 0.3 is 0 Å². The minimum absolute atomic E-state index is 0.706. The maximum Gasteiger partial charge on any atom is 0.203 e. The summed E-state index contributed by atoms with van der Waals surface area (Å²) in [6, 6.07) is 2.00. The average molecular weight is 219 g/mol. The zero-order valence-corrected chi connectivity index (χ0v) is 9.94. The molecule has 2 aromatic heterocycles. The molecular weight excluding hydrogens is 202 g/mol. The molecule has 0 saturated carbocycles. The highest BCUT2D eigenvalue weighted by Gasteiger charge is 2.04. The molecule has 0 amide bonds. The molecule has 0 saturated heterocycles. The smallest absolute Gasteiger partial charge is 0.203 e. The standard InChI is InChI=1S/C11H17N5/c1-4-16-8-9(2)13-11(16)12-7-10-5-6-15(3)14-10/h5-6,8H,4,7H2,1-3H3,(H,12,13). The number of hydrogen-bond donors (Lipinski definition) is 1. The van der Waals surface area contributed by atoms with E-state index in [-0.39, 0.29) is 0 Å². The van der Waals surface area contributed by atoms with Gasteiger partial charge in [-0.2, -0.15) is 5.10 Å². The molecule has 1 N–H and O–H groups in total. The van der Waals surface area contributed by atoms with Crippen LogP contribution in [-0.2, 0) is 20.1 Å². The zero-order valence-electron chi connectivity index (χ0n) is 9.94. The lowest BCUT2D eigenvalue weighted by Crippen LogP contribution is -2.07. The van der Waals surface area contributed by atoms with Crippen LogP contribution in [0.4, 0.5) is 5.95 Å². The Morgan fingerprint density at radius 3 is 2.88 bits per heavy atom. The maximum absolute atomic E-state index is 4.42. The van der Waals surface area contributed by atoms with E-state index in [0.29, 0.717) is 6.54 Å². The quantitative estimate of drug-likeness (QED) is 0.848. The monoisotopic (exact) mass is 219 g/mol. The van der Waals surface area contributed by atoms with Gasteiger partial charge in [0.2, 0.25) is 5.95 Å². The zero-order chi connectivity index (χ0) is 11.5. The number of anilines is 1. The van der Waals surface area contributed by atoms with E-state index in [0.717, 1.165) is 23.9 Å². The molecule has 16 heavy (non-hydrogen) atoms. The number of nitrogens with zero attached hydrogens (tertiary/aromatic N) is 4. The number of rotatable bonds is 4. The van der Waals surface area contributed by atoms with Crippen LogP contribution in [0.25, 0.3) is 0 Å². The number of aryl methyl sites for hydroxylation is 3. The van der Waals surface area contributed by atoms with Crippen LogP contribution >= 0.6 is 0 Å². The summed E-state index contributed by atoms with van der Waals surface area (Å²) < 4.78 is 3.90. The second kappa shape index (κ2) is 4.38. The number of imidazole rings is 1. The van der Waals surface area contributed by atoms with Crippen LogP contribution in [0.15, 0.2) is 18.5 Å². The lowest BCUT2D eigenvalue weighted by molar-refractivity contribution is 0.737. The minimum atomic E-state index is 0.706. The Morgan fingerprint density at radius 2 is 2.25 bits per heavy atom. The Bertz CT molecular complexity index is 468. The van der Waals surface area contributed by atoms with Gasteiger partial charge in [-0.3, -0.25) is 4.68 Å². The normalized spacial score (nSPS) is 10.7. The first kappa shape index (κ1) is 10.7. The summed E-state index contributed by atoms with van der Waals surface area (Å²) in [6.07, 6.45) is 3.98. The molecular formula is C11H17N5. The molecule has 0 aliphatic carbocycles. The van der Waals surface area contributed by atoms with Crippen molar-refractivity contribution in [1.82, 2.24) is 19.3 Å². The van der Waals surface area contributed by atoms with Gasteiger partial charge in [-0.15, -0.1) is 0 Å². The van der Waals surface area contributed by atoms with Crippen molar-refractivity contribution < 1.29 is 0 Å². The van der Waals surface area contributed by atoms with Crippen LogP contribution in [0.2, 0.25) is 0 Å². The summed E-state index contributed by atoms with van der Waals surface area (Å²) in [4.78, 5) is 4.42. The van der Waals surface area contributed by atoms with Gasteiger partial charge in [0.05, 0.1) is 17.9 Å². The van der Waals surface area contributed by atoms with Crippen molar-refractivity contribution in [3.8, 4) is 0 Å². The molecule has 0 fully saturated rings. The van der Waals surface area contributed by atoms with E-state index in [1.807, 2.05) is 32.4 Å². The second-order valence-electron chi connectivity index (χ2n) is 3.83. The van der Waals surface area contributed by atoms with Crippen molar-refractivity contribution in [2.45, 2.75) is 26.9 Å². The van der Waals surface area contributed by atoms with Gasteiger partial charge in [0.1, 0.15) is 0 Å². The second-order valence-corrected chi connectivity index (χ2v) is 3.83. The highest BCUT2D eigenvalue weighted by molar-refractivity contribution is 5.29. The third-order valence-corrected chi connectivity index (χ3v) is 2.43. The van der Waals surface area contributed by atoms with Crippen molar-refractivity contribution in [3.05, 3.63) is 29.8 Å². The van der Waals surface area contributed by atoms with Gasteiger partial charge in [0.25, 0.3) is 0 Å². The van der Waals surface area contributed by atoms with E-state index in [1.165, 1.54) is 0 Å². The molecule has 0 aliphatic rings. The van der Waals surface area contributed by atoms with Crippen LogP contribution in [0.5, 0.6) is 0 Å². The fourth-order valence-corrected chi connectivity index (χ4v) is 1.66. The Hall–Kier alpha value is -1.78. The molecule has 0 aliphatic heterocycles.